The van der Waals surface area contributed by atoms with Gasteiger partial charge in [-0.15, -0.1) is 0 Å². The fourth-order valence-corrected chi connectivity index (χ4v) is 2.63. The number of para-hydroxylation sites is 1. The number of nitrogens with zero attached hydrogens (tertiary/aromatic N) is 1. The molecular formula is C22H22N2O2. The van der Waals surface area contributed by atoms with E-state index < -0.39 is 0 Å². The summed E-state index contributed by atoms with van der Waals surface area (Å²) < 4.78 is 5.67. The van der Waals surface area contributed by atoms with Crippen molar-refractivity contribution in [1.82, 2.24) is 5.32 Å². The number of likely N-dealkylation sites (N-methyl/N-ethyl adjacent to an activating group) is 1. The van der Waals surface area contributed by atoms with E-state index in [1.807, 2.05) is 92.0 Å². The molecule has 0 aliphatic carbocycles. The Balaban J connectivity index is 1.90. The van der Waals surface area contributed by atoms with Gasteiger partial charge in [-0.25, -0.2) is 0 Å². The third kappa shape index (κ3) is 4.29. The highest BCUT2D eigenvalue weighted by Gasteiger charge is 2.19. The molecule has 0 saturated heterocycles. The van der Waals surface area contributed by atoms with E-state index in [1.54, 1.807) is 4.90 Å². The van der Waals surface area contributed by atoms with Gasteiger partial charge < -0.3 is 10.1 Å². The summed E-state index contributed by atoms with van der Waals surface area (Å²) >= 11 is 0. The molecule has 3 aromatic carbocycles. The van der Waals surface area contributed by atoms with Crippen molar-refractivity contribution in [3.8, 4) is 5.75 Å². The van der Waals surface area contributed by atoms with Crippen LogP contribution in [-0.4, -0.2) is 26.1 Å². The first-order chi connectivity index (χ1) is 12.8. The smallest absolute Gasteiger partial charge is 0.262 e. The van der Waals surface area contributed by atoms with Crippen molar-refractivity contribution >= 4 is 17.3 Å². The zero-order valence-electron chi connectivity index (χ0n) is 14.8. The SMILES string of the molecule is CNCCOc1ccc(N(C(=O)c2ccccc2)c2ccccc2)cc1. The van der Waals surface area contributed by atoms with Crippen molar-refractivity contribution in [2.24, 2.45) is 0 Å². The second-order valence-electron chi connectivity index (χ2n) is 5.79. The molecule has 4 heteroatoms. The third-order valence-electron chi connectivity index (χ3n) is 3.95. The van der Waals surface area contributed by atoms with Crippen LogP contribution in [0.15, 0.2) is 84.9 Å². The van der Waals surface area contributed by atoms with Gasteiger partial charge in [-0.05, 0) is 55.6 Å². The highest BCUT2D eigenvalue weighted by Crippen LogP contribution is 2.29. The molecular weight excluding hydrogens is 324 g/mol. The van der Waals surface area contributed by atoms with Crippen LogP contribution in [0.4, 0.5) is 11.4 Å². The molecule has 3 aromatic rings. The summed E-state index contributed by atoms with van der Waals surface area (Å²) in [5.41, 5.74) is 2.27. The van der Waals surface area contributed by atoms with Crippen molar-refractivity contribution < 1.29 is 9.53 Å². The average molecular weight is 346 g/mol. The molecule has 4 nitrogen and oxygen atoms in total. The van der Waals surface area contributed by atoms with Gasteiger partial charge in [0.1, 0.15) is 12.4 Å². The lowest BCUT2D eigenvalue weighted by Crippen LogP contribution is -2.25. The molecule has 0 aliphatic rings. The molecule has 0 unspecified atom stereocenters. The van der Waals surface area contributed by atoms with Crippen LogP contribution in [-0.2, 0) is 0 Å². The van der Waals surface area contributed by atoms with E-state index in [1.165, 1.54) is 0 Å². The third-order valence-corrected chi connectivity index (χ3v) is 3.95. The van der Waals surface area contributed by atoms with E-state index in [0.29, 0.717) is 12.2 Å². The Hall–Kier alpha value is -3.11. The van der Waals surface area contributed by atoms with E-state index in [2.05, 4.69) is 5.32 Å². The summed E-state index contributed by atoms with van der Waals surface area (Å²) in [7, 11) is 1.89. The lowest BCUT2D eigenvalue weighted by molar-refractivity contribution is 0.0999. The lowest BCUT2D eigenvalue weighted by atomic mass is 10.1. The second-order valence-corrected chi connectivity index (χ2v) is 5.79. The standard InChI is InChI=1S/C22H22N2O2/c1-23-16-17-26-21-14-12-20(13-15-21)24(19-10-6-3-7-11-19)22(25)18-8-4-2-5-9-18/h2-15,23H,16-17H2,1H3. The summed E-state index contributed by atoms with van der Waals surface area (Å²) in [6.45, 7) is 1.38. The molecule has 0 heterocycles. The maximum Gasteiger partial charge on any atom is 0.262 e. The van der Waals surface area contributed by atoms with Gasteiger partial charge >= 0.3 is 0 Å². The average Bonchev–Trinajstić information content (AvgIpc) is 2.71. The Labute approximate surface area is 154 Å². The lowest BCUT2D eigenvalue weighted by Gasteiger charge is -2.23. The predicted octanol–water partition coefficient (Wildman–Crippen LogP) is 4.26. The number of carbonyl (C=O) groups is 1. The Morgan fingerprint density at radius 3 is 2.04 bits per heavy atom. The Bertz CT molecular complexity index is 818. The summed E-state index contributed by atoms with van der Waals surface area (Å²) in [6.07, 6.45) is 0. The molecule has 1 amide bonds. The summed E-state index contributed by atoms with van der Waals surface area (Å²) in [6, 6.07) is 26.5. The molecule has 0 aromatic heterocycles. The van der Waals surface area contributed by atoms with Crippen LogP contribution in [0.3, 0.4) is 0 Å². The normalized spacial score (nSPS) is 10.3. The Kier molecular flexibility index (Phi) is 6.01. The molecule has 0 spiro atoms. The number of carbonyl (C=O) groups excluding carboxylic acids is 1. The first kappa shape index (κ1) is 17.7. The molecule has 0 atom stereocenters. The van der Waals surface area contributed by atoms with E-state index in [4.69, 9.17) is 4.74 Å². The molecule has 0 fully saturated rings. The van der Waals surface area contributed by atoms with Gasteiger partial charge in [0.2, 0.25) is 0 Å². The highest BCUT2D eigenvalue weighted by atomic mass is 16.5. The number of rotatable bonds is 7. The monoisotopic (exact) mass is 346 g/mol. The van der Waals surface area contributed by atoms with Crippen LogP contribution in [0, 0.1) is 0 Å². The molecule has 0 aliphatic heterocycles. The first-order valence-electron chi connectivity index (χ1n) is 8.61. The predicted molar refractivity (Wildman–Crippen MR) is 105 cm³/mol. The van der Waals surface area contributed by atoms with Gasteiger partial charge in [0, 0.05) is 23.5 Å². The first-order valence-corrected chi connectivity index (χ1v) is 8.61. The molecule has 3 rings (SSSR count). The molecule has 0 bridgehead atoms. The van der Waals surface area contributed by atoms with Gasteiger partial charge in [-0.1, -0.05) is 36.4 Å². The van der Waals surface area contributed by atoms with Gasteiger partial charge in [0.05, 0.1) is 0 Å². The maximum atomic E-state index is 13.1. The van der Waals surface area contributed by atoms with Gasteiger partial charge in [0.25, 0.3) is 5.91 Å². The van der Waals surface area contributed by atoms with Gasteiger partial charge in [-0.2, -0.15) is 0 Å². The maximum absolute atomic E-state index is 13.1. The van der Waals surface area contributed by atoms with Gasteiger partial charge in [0.15, 0.2) is 0 Å². The number of anilines is 2. The molecule has 26 heavy (non-hydrogen) atoms. The van der Waals surface area contributed by atoms with Crippen LogP contribution in [0.5, 0.6) is 5.75 Å². The van der Waals surface area contributed by atoms with Crippen LogP contribution >= 0.6 is 0 Å². The highest BCUT2D eigenvalue weighted by molar-refractivity contribution is 6.10. The Morgan fingerprint density at radius 1 is 0.846 bits per heavy atom. The molecule has 132 valence electrons. The fourth-order valence-electron chi connectivity index (χ4n) is 2.63. The van der Waals surface area contributed by atoms with Crippen LogP contribution in [0.25, 0.3) is 0 Å². The molecule has 0 radical (unpaired) electrons. The number of amides is 1. The van der Waals surface area contributed by atoms with Crippen molar-refractivity contribution in [2.45, 2.75) is 0 Å². The van der Waals surface area contributed by atoms with Gasteiger partial charge in [-0.3, -0.25) is 9.69 Å². The minimum absolute atomic E-state index is 0.0688. The minimum Gasteiger partial charge on any atom is -0.492 e. The summed E-state index contributed by atoms with van der Waals surface area (Å²) in [5, 5.41) is 3.04. The number of nitrogens with one attached hydrogen (secondary N) is 1. The zero-order valence-corrected chi connectivity index (χ0v) is 14.8. The zero-order chi connectivity index (χ0) is 18.2. The van der Waals surface area contributed by atoms with Crippen molar-refractivity contribution in [3.05, 3.63) is 90.5 Å². The molecule has 0 saturated carbocycles. The van der Waals surface area contributed by atoms with E-state index in [9.17, 15) is 4.79 Å². The topological polar surface area (TPSA) is 41.6 Å². The van der Waals surface area contributed by atoms with E-state index in [0.717, 1.165) is 23.7 Å². The van der Waals surface area contributed by atoms with Crippen molar-refractivity contribution in [2.75, 3.05) is 25.1 Å². The Morgan fingerprint density at radius 2 is 1.42 bits per heavy atom. The number of hydrogen-bond donors (Lipinski definition) is 1. The van der Waals surface area contributed by atoms with E-state index in [-0.39, 0.29) is 5.91 Å². The summed E-state index contributed by atoms with van der Waals surface area (Å²) in [4.78, 5) is 14.8. The van der Waals surface area contributed by atoms with Crippen LogP contribution in [0.2, 0.25) is 0 Å². The largest absolute Gasteiger partial charge is 0.492 e. The van der Waals surface area contributed by atoms with E-state index >= 15 is 0 Å². The number of hydrogen-bond acceptors (Lipinski definition) is 3. The minimum atomic E-state index is -0.0688. The number of benzene rings is 3. The van der Waals surface area contributed by atoms with Crippen molar-refractivity contribution in [1.29, 1.82) is 0 Å². The van der Waals surface area contributed by atoms with Crippen molar-refractivity contribution in [3.63, 3.8) is 0 Å². The quantitative estimate of drug-likeness (QED) is 0.650. The van der Waals surface area contributed by atoms with Crippen LogP contribution < -0.4 is 15.0 Å². The number of ether oxygens (including phenoxy) is 1. The van der Waals surface area contributed by atoms with Crippen LogP contribution in [0.1, 0.15) is 10.4 Å². The molecule has 1 N–H and O–H groups in total. The fraction of sp³-hybridized carbons (Fsp3) is 0.136. The summed E-state index contributed by atoms with van der Waals surface area (Å²) in [5.74, 6) is 0.713. The second kappa shape index (κ2) is 8.83.